The highest BCUT2D eigenvalue weighted by Gasteiger charge is 2.33. The number of nitrogens with zero attached hydrogens (tertiary/aromatic N) is 2. The van der Waals surface area contributed by atoms with Gasteiger partial charge >= 0.3 is 5.97 Å². The van der Waals surface area contributed by atoms with Crippen LogP contribution in [0.2, 0.25) is 0 Å². The van der Waals surface area contributed by atoms with E-state index in [2.05, 4.69) is 0 Å². The molecule has 2 atom stereocenters. The Balaban J connectivity index is 2.05. The molecule has 0 bridgehead atoms. The third kappa shape index (κ3) is 3.90. The monoisotopic (exact) mass is 336 g/mol. The minimum Gasteiger partial charge on any atom is -0.480 e. The first kappa shape index (κ1) is 17.9. The molecule has 0 radical (unpaired) electrons. The minimum absolute atomic E-state index is 0.242. The Morgan fingerprint density at radius 1 is 1.29 bits per heavy atom. The van der Waals surface area contributed by atoms with E-state index in [0.717, 1.165) is 0 Å². The zero-order valence-electron chi connectivity index (χ0n) is 13.7. The molecule has 1 fully saturated rings. The van der Waals surface area contributed by atoms with Crippen LogP contribution in [0.4, 0.5) is 4.39 Å². The Morgan fingerprint density at radius 3 is 2.50 bits per heavy atom. The fraction of sp³-hybridized carbons (Fsp3) is 0.471. The minimum atomic E-state index is -1.07. The Hall–Kier alpha value is -2.44. The molecule has 1 saturated heterocycles. The number of carboxylic acids is 1. The van der Waals surface area contributed by atoms with Crippen LogP contribution in [0.1, 0.15) is 30.1 Å². The van der Waals surface area contributed by atoms with E-state index in [0.29, 0.717) is 24.9 Å². The van der Waals surface area contributed by atoms with E-state index in [9.17, 15) is 18.8 Å². The van der Waals surface area contributed by atoms with Gasteiger partial charge in [0.15, 0.2) is 0 Å². The molecular weight excluding hydrogens is 315 g/mol. The first-order valence-electron chi connectivity index (χ1n) is 7.85. The van der Waals surface area contributed by atoms with Gasteiger partial charge in [-0.1, -0.05) is 0 Å². The number of hydrogen-bond acceptors (Lipinski definition) is 3. The molecule has 1 aliphatic rings. The second kappa shape index (κ2) is 7.42. The number of carbonyl (C=O) groups is 3. The lowest BCUT2D eigenvalue weighted by atomic mass is 9.95. The molecule has 1 heterocycles. The van der Waals surface area contributed by atoms with Crippen LogP contribution in [0.3, 0.4) is 0 Å². The van der Waals surface area contributed by atoms with E-state index in [4.69, 9.17) is 5.11 Å². The zero-order valence-corrected chi connectivity index (χ0v) is 13.7. The van der Waals surface area contributed by atoms with Crippen LogP contribution in [0, 0.1) is 11.7 Å². The van der Waals surface area contributed by atoms with Gasteiger partial charge in [-0.2, -0.15) is 0 Å². The molecule has 0 aliphatic carbocycles. The molecule has 0 spiro atoms. The predicted molar refractivity (Wildman–Crippen MR) is 84.9 cm³/mol. The van der Waals surface area contributed by atoms with Crippen molar-refractivity contribution < 1.29 is 23.9 Å². The van der Waals surface area contributed by atoms with Crippen molar-refractivity contribution in [3.05, 3.63) is 35.6 Å². The van der Waals surface area contributed by atoms with Crippen molar-refractivity contribution in [2.75, 3.05) is 20.1 Å². The van der Waals surface area contributed by atoms with E-state index in [1.54, 1.807) is 4.90 Å². The number of amides is 2. The Bertz CT molecular complexity index is 632. The summed E-state index contributed by atoms with van der Waals surface area (Å²) in [7, 11) is 1.46. The van der Waals surface area contributed by atoms with Crippen LogP contribution < -0.4 is 0 Å². The van der Waals surface area contributed by atoms with Gasteiger partial charge in [-0.05, 0) is 44.0 Å². The summed E-state index contributed by atoms with van der Waals surface area (Å²) in [5.41, 5.74) is 0.372. The second-order valence-electron chi connectivity index (χ2n) is 6.06. The molecule has 0 aromatic heterocycles. The van der Waals surface area contributed by atoms with Gasteiger partial charge in [0.25, 0.3) is 5.91 Å². The maximum Gasteiger partial charge on any atom is 0.326 e. The highest BCUT2D eigenvalue weighted by molar-refractivity contribution is 5.94. The summed E-state index contributed by atoms with van der Waals surface area (Å²) in [4.78, 5) is 38.7. The number of halogens is 1. The zero-order chi connectivity index (χ0) is 17.9. The molecule has 2 unspecified atom stereocenters. The maximum atomic E-state index is 13.0. The van der Waals surface area contributed by atoms with Gasteiger partial charge in [0, 0.05) is 25.7 Å². The number of likely N-dealkylation sites (N-methyl/N-ethyl adjacent to an activating group) is 1. The van der Waals surface area contributed by atoms with Crippen molar-refractivity contribution in [1.82, 2.24) is 9.80 Å². The van der Waals surface area contributed by atoms with Gasteiger partial charge < -0.3 is 14.9 Å². The van der Waals surface area contributed by atoms with Crippen molar-refractivity contribution in [2.24, 2.45) is 5.92 Å². The Kier molecular flexibility index (Phi) is 5.54. The average molecular weight is 336 g/mol. The van der Waals surface area contributed by atoms with E-state index < -0.39 is 23.7 Å². The summed E-state index contributed by atoms with van der Waals surface area (Å²) in [6.07, 6.45) is 1.28. The number of carboxylic acid groups (broad SMARTS) is 1. The molecule has 24 heavy (non-hydrogen) atoms. The topological polar surface area (TPSA) is 77.9 Å². The van der Waals surface area contributed by atoms with Crippen molar-refractivity contribution in [2.45, 2.75) is 25.8 Å². The lowest BCUT2D eigenvalue weighted by Gasteiger charge is -2.35. The second-order valence-corrected chi connectivity index (χ2v) is 6.06. The molecule has 7 heteroatoms. The number of carbonyl (C=O) groups excluding carboxylic acids is 2. The molecule has 0 saturated carbocycles. The summed E-state index contributed by atoms with van der Waals surface area (Å²) in [6.45, 7) is 2.22. The molecule has 6 nitrogen and oxygen atoms in total. The summed E-state index contributed by atoms with van der Waals surface area (Å²) >= 11 is 0. The summed E-state index contributed by atoms with van der Waals surface area (Å²) in [5.74, 6) is -2.43. The fourth-order valence-corrected chi connectivity index (χ4v) is 2.78. The first-order valence-corrected chi connectivity index (χ1v) is 7.85. The molecule has 1 aromatic carbocycles. The number of piperidine rings is 1. The number of likely N-dealkylation sites (tertiary alicyclic amines) is 1. The average Bonchev–Trinajstić information content (AvgIpc) is 2.59. The van der Waals surface area contributed by atoms with Gasteiger partial charge in [-0.25, -0.2) is 9.18 Å². The van der Waals surface area contributed by atoms with Crippen LogP contribution in [0.25, 0.3) is 0 Å². The molecule has 1 aromatic rings. The van der Waals surface area contributed by atoms with Crippen molar-refractivity contribution in [3.63, 3.8) is 0 Å². The third-order valence-electron chi connectivity index (χ3n) is 4.43. The smallest absolute Gasteiger partial charge is 0.326 e. The molecule has 1 N–H and O–H groups in total. The highest BCUT2D eigenvalue weighted by atomic mass is 19.1. The molecule has 1 aliphatic heterocycles. The Morgan fingerprint density at radius 2 is 1.92 bits per heavy atom. The quantitative estimate of drug-likeness (QED) is 0.906. The predicted octanol–water partition coefficient (Wildman–Crippen LogP) is 1.61. The Labute approximate surface area is 139 Å². The van der Waals surface area contributed by atoms with Crippen LogP contribution in [0.15, 0.2) is 24.3 Å². The van der Waals surface area contributed by atoms with Crippen molar-refractivity contribution in [3.8, 4) is 0 Å². The van der Waals surface area contributed by atoms with Crippen LogP contribution in [0.5, 0.6) is 0 Å². The highest BCUT2D eigenvalue weighted by Crippen LogP contribution is 2.21. The number of aliphatic carboxylic acids is 1. The summed E-state index contributed by atoms with van der Waals surface area (Å²) in [5, 5.41) is 9.02. The number of benzene rings is 1. The van der Waals surface area contributed by atoms with Crippen LogP contribution >= 0.6 is 0 Å². The van der Waals surface area contributed by atoms with Crippen LogP contribution in [-0.2, 0) is 9.59 Å². The van der Waals surface area contributed by atoms with Gasteiger partial charge in [-0.3, -0.25) is 9.59 Å². The van der Waals surface area contributed by atoms with Gasteiger partial charge in [0.1, 0.15) is 11.9 Å². The number of hydrogen-bond donors (Lipinski definition) is 1. The van der Waals surface area contributed by atoms with Crippen molar-refractivity contribution in [1.29, 1.82) is 0 Å². The van der Waals surface area contributed by atoms with E-state index in [-0.39, 0.29) is 18.4 Å². The number of rotatable bonds is 4. The molecule has 130 valence electrons. The molecule has 2 rings (SSSR count). The van der Waals surface area contributed by atoms with Gasteiger partial charge in [-0.15, -0.1) is 0 Å². The van der Waals surface area contributed by atoms with Crippen molar-refractivity contribution >= 4 is 17.8 Å². The van der Waals surface area contributed by atoms with E-state index in [1.807, 2.05) is 0 Å². The lowest BCUT2D eigenvalue weighted by Crippen LogP contribution is -2.49. The SMILES string of the molecule is CC(C(=O)O)N(C)C(=O)C1CCCN(C(=O)c2ccc(F)cc2)C1. The van der Waals surface area contributed by atoms with Gasteiger partial charge in [0.2, 0.25) is 5.91 Å². The van der Waals surface area contributed by atoms with E-state index >= 15 is 0 Å². The lowest BCUT2D eigenvalue weighted by molar-refractivity contribution is -0.150. The van der Waals surface area contributed by atoms with Gasteiger partial charge in [0.05, 0.1) is 5.92 Å². The summed E-state index contributed by atoms with van der Waals surface area (Å²) in [6, 6.07) is 4.37. The maximum absolute atomic E-state index is 13.0. The standard InChI is InChI=1S/C17H21FN2O4/c1-11(17(23)24)19(2)15(21)13-4-3-9-20(10-13)16(22)12-5-7-14(18)8-6-12/h5-8,11,13H,3-4,9-10H2,1-2H3,(H,23,24). The normalized spacial score (nSPS) is 18.8. The first-order chi connectivity index (χ1) is 11.3. The fourth-order valence-electron chi connectivity index (χ4n) is 2.78. The largest absolute Gasteiger partial charge is 0.480 e. The third-order valence-corrected chi connectivity index (χ3v) is 4.43. The summed E-state index contributed by atoms with van der Waals surface area (Å²) < 4.78 is 13.0. The van der Waals surface area contributed by atoms with E-state index in [1.165, 1.54) is 43.1 Å². The van der Waals surface area contributed by atoms with Crippen LogP contribution in [-0.4, -0.2) is 58.9 Å². The molecular formula is C17H21FN2O4. The molecule has 2 amide bonds.